The average molecular weight is 347 g/mol. The van der Waals surface area contributed by atoms with Crippen LogP contribution in [0.15, 0.2) is 28.9 Å². The highest BCUT2D eigenvalue weighted by Crippen LogP contribution is 2.39. The van der Waals surface area contributed by atoms with Gasteiger partial charge in [-0.25, -0.2) is 4.98 Å². The largest absolute Gasteiger partial charge is 0.495 e. The molecule has 0 amide bonds. The molecule has 0 aliphatic heterocycles. The maximum absolute atomic E-state index is 9.97. The van der Waals surface area contributed by atoms with Crippen molar-refractivity contribution in [1.29, 1.82) is 0 Å². The van der Waals surface area contributed by atoms with E-state index in [0.29, 0.717) is 28.5 Å². The molecule has 0 saturated carbocycles. The maximum atomic E-state index is 9.97. The summed E-state index contributed by atoms with van der Waals surface area (Å²) < 4.78 is 21.9. The van der Waals surface area contributed by atoms with E-state index in [2.05, 4.69) is 4.98 Å². The summed E-state index contributed by atoms with van der Waals surface area (Å²) in [6, 6.07) is 5.23. The number of aliphatic hydroxyl groups is 2. The third-order valence-corrected chi connectivity index (χ3v) is 4.05. The molecule has 0 saturated heterocycles. The number of rotatable bonds is 6. The standard InChI is InChI=1S/C18H21NO6/c1-18(2,21)15(20)9-25-14-7-11-12(8-13(14)22-3)19-17-10(5-6-24-17)16(11)23-4/h5-8,15,20-21H,9H2,1-4H3/t15-/m1/s1. The molecule has 0 bridgehead atoms. The second kappa shape index (κ2) is 6.42. The maximum Gasteiger partial charge on any atom is 0.230 e. The second-order valence-corrected chi connectivity index (χ2v) is 6.29. The number of ether oxygens (including phenoxy) is 3. The molecule has 25 heavy (non-hydrogen) atoms. The Morgan fingerprint density at radius 1 is 1.16 bits per heavy atom. The van der Waals surface area contributed by atoms with Crippen molar-refractivity contribution < 1.29 is 28.8 Å². The number of aromatic nitrogens is 1. The Bertz CT molecular complexity index is 896. The van der Waals surface area contributed by atoms with Crippen molar-refractivity contribution in [2.45, 2.75) is 25.6 Å². The molecule has 0 fully saturated rings. The van der Waals surface area contributed by atoms with Gasteiger partial charge in [0.05, 0.1) is 37.0 Å². The number of methoxy groups -OCH3 is 2. The van der Waals surface area contributed by atoms with Gasteiger partial charge < -0.3 is 28.8 Å². The van der Waals surface area contributed by atoms with Crippen LogP contribution in [0.3, 0.4) is 0 Å². The summed E-state index contributed by atoms with van der Waals surface area (Å²) in [6.07, 6.45) is 0.497. The number of pyridine rings is 1. The van der Waals surface area contributed by atoms with Crippen LogP contribution in [0.2, 0.25) is 0 Å². The van der Waals surface area contributed by atoms with E-state index in [9.17, 15) is 10.2 Å². The van der Waals surface area contributed by atoms with Gasteiger partial charge in [-0.1, -0.05) is 0 Å². The summed E-state index contributed by atoms with van der Waals surface area (Å²) in [6.45, 7) is 2.94. The van der Waals surface area contributed by atoms with Crippen molar-refractivity contribution in [2.24, 2.45) is 0 Å². The van der Waals surface area contributed by atoms with Crippen LogP contribution in [0.5, 0.6) is 17.2 Å². The summed E-state index contributed by atoms with van der Waals surface area (Å²) in [5.74, 6) is 1.49. The first kappa shape index (κ1) is 17.3. The first-order valence-corrected chi connectivity index (χ1v) is 7.81. The van der Waals surface area contributed by atoms with Crippen LogP contribution in [0.1, 0.15) is 13.8 Å². The Labute approximate surface area is 144 Å². The second-order valence-electron chi connectivity index (χ2n) is 6.29. The highest BCUT2D eigenvalue weighted by Gasteiger charge is 2.26. The molecule has 2 heterocycles. The van der Waals surface area contributed by atoms with Crippen LogP contribution in [-0.4, -0.2) is 47.7 Å². The van der Waals surface area contributed by atoms with E-state index in [1.807, 2.05) is 0 Å². The molecular weight excluding hydrogens is 326 g/mol. The Hall–Kier alpha value is -2.51. The Morgan fingerprint density at radius 2 is 1.92 bits per heavy atom. The molecule has 7 nitrogen and oxygen atoms in total. The highest BCUT2D eigenvalue weighted by molar-refractivity contribution is 6.00. The van der Waals surface area contributed by atoms with Crippen LogP contribution in [-0.2, 0) is 0 Å². The Kier molecular flexibility index (Phi) is 4.45. The van der Waals surface area contributed by atoms with Gasteiger partial charge >= 0.3 is 0 Å². The number of hydrogen-bond donors (Lipinski definition) is 2. The van der Waals surface area contributed by atoms with Crippen LogP contribution in [0.4, 0.5) is 0 Å². The molecule has 2 N–H and O–H groups in total. The predicted octanol–water partition coefficient (Wildman–Crippen LogP) is 2.51. The van der Waals surface area contributed by atoms with Crippen LogP contribution >= 0.6 is 0 Å². The zero-order valence-electron chi connectivity index (χ0n) is 14.6. The van der Waals surface area contributed by atoms with Crippen molar-refractivity contribution in [3.05, 3.63) is 24.5 Å². The van der Waals surface area contributed by atoms with E-state index in [1.165, 1.54) is 21.0 Å². The monoisotopic (exact) mass is 347 g/mol. The molecule has 0 spiro atoms. The lowest BCUT2D eigenvalue weighted by atomic mass is 10.0. The molecule has 1 aromatic carbocycles. The van der Waals surface area contributed by atoms with Gasteiger partial charge in [-0.05, 0) is 26.0 Å². The van der Waals surface area contributed by atoms with Gasteiger partial charge in [0.15, 0.2) is 11.5 Å². The molecule has 0 radical (unpaired) electrons. The molecule has 1 atom stereocenters. The third kappa shape index (κ3) is 3.20. The fourth-order valence-electron chi connectivity index (χ4n) is 2.50. The first-order valence-electron chi connectivity index (χ1n) is 7.81. The van der Waals surface area contributed by atoms with Gasteiger partial charge in [0, 0.05) is 11.5 Å². The van der Waals surface area contributed by atoms with Gasteiger partial charge in [-0.2, -0.15) is 0 Å². The summed E-state index contributed by atoms with van der Waals surface area (Å²) in [5, 5.41) is 21.3. The van der Waals surface area contributed by atoms with E-state index in [-0.39, 0.29) is 6.61 Å². The van der Waals surface area contributed by atoms with Crippen LogP contribution < -0.4 is 14.2 Å². The van der Waals surface area contributed by atoms with Crippen LogP contribution in [0, 0.1) is 0 Å². The molecule has 2 aromatic heterocycles. The number of fused-ring (bicyclic) bond motifs is 2. The van der Waals surface area contributed by atoms with Gasteiger partial charge in [0.1, 0.15) is 18.5 Å². The Morgan fingerprint density at radius 3 is 2.56 bits per heavy atom. The van der Waals surface area contributed by atoms with E-state index in [1.54, 1.807) is 31.6 Å². The SMILES string of the molecule is COc1cc2nc3occc3c(OC)c2cc1OC[C@@H](O)C(C)(C)O. The van der Waals surface area contributed by atoms with Crippen LogP contribution in [0.25, 0.3) is 22.0 Å². The summed E-state index contributed by atoms with van der Waals surface area (Å²) in [7, 11) is 3.09. The minimum absolute atomic E-state index is 0.0882. The highest BCUT2D eigenvalue weighted by atomic mass is 16.5. The number of nitrogens with zero attached hydrogens (tertiary/aromatic N) is 1. The van der Waals surface area contributed by atoms with Crippen molar-refractivity contribution in [3.8, 4) is 17.2 Å². The minimum atomic E-state index is -1.27. The van der Waals surface area contributed by atoms with Crippen molar-refractivity contribution in [3.63, 3.8) is 0 Å². The number of aliphatic hydroxyl groups excluding tert-OH is 1. The van der Waals surface area contributed by atoms with Gasteiger partial charge in [-0.15, -0.1) is 0 Å². The molecule has 0 aliphatic carbocycles. The zero-order valence-corrected chi connectivity index (χ0v) is 14.6. The fourth-order valence-corrected chi connectivity index (χ4v) is 2.50. The molecule has 0 unspecified atom stereocenters. The molecule has 0 aliphatic rings. The third-order valence-electron chi connectivity index (χ3n) is 4.05. The summed E-state index contributed by atoms with van der Waals surface area (Å²) in [5.41, 5.74) is -0.171. The minimum Gasteiger partial charge on any atom is -0.495 e. The first-order chi connectivity index (χ1) is 11.8. The zero-order chi connectivity index (χ0) is 18.2. The molecule has 7 heteroatoms. The Balaban J connectivity index is 2.07. The quantitative estimate of drug-likeness (QED) is 0.707. The lowest BCUT2D eigenvalue weighted by Gasteiger charge is -2.24. The molecular formula is C18H21NO6. The lowest BCUT2D eigenvalue weighted by molar-refractivity contribution is -0.0663. The van der Waals surface area contributed by atoms with Gasteiger partial charge in [0.2, 0.25) is 5.71 Å². The fraction of sp³-hybridized carbons (Fsp3) is 0.389. The van der Waals surface area contributed by atoms with E-state index >= 15 is 0 Å². The average Bonchev–Trinajstić information content (AvgIpc) is 3.03. The van der Waals surface area contributed by atoms with Crippen molar-refractivity contribution in [2.75, 3.05) is 20.8 Å². The smallest absolute Gasteiger partial charge is 0.230 e. The lowest BCUT2D eigenvalue weighted by Crippen LogP contribution is -2.40. The number of hydrogen-bond acceptors (Lipinski definition) is 7. The van der Waals surface area contributed by atoms with Crippen molar-refractivity contribution in [1.82, 2.24) is 4.98 Å². The summed E-state index contributed by atoms with van der Waals surface area (Å²) >= 11 is 0. The van der Waals surface area contributed by atoms with Gasteiger partial charge in [-0.3, -0.25) is 0 Å². The normalized spacial score (nSPS) is 13.2. The molecule has 134 valence electrons. The van der Waals surface area contributed by atoms with Gasteiger partial charge in [0.25, 0.3) is 0 Å². The predicted molar refractivity (Wildman–Crippen MR) is 92.4 cm³/mol. The molecule has 3 rings (SSSR count). The van der Waals surface area contributed by atoms with E-state index in [0.717, 1.165) is 10.8 Å². The topological polar surface area (TPSA) is 94.2 Å². The number of benzene rings is 1. The van der Waals surface area contributed by atoms with Crippen molar-refractivity contribution >= 4 is 22.0 Å². The van der Waals surface area contributed by atoms with E-state index in [4.69, 9.17) is 18.6 Å². The number of furan rings is 1. The van der Waals surface area contributed by atoms with E-state index < -0.39 is 11.7 Å². The summed E-state index contributed by atoms with van der Waals surface area (Å²) in [4.78, 5) is 4.46. The molecule has 3 aromatic rings.